The molecule has 1 aromatic rings. The zero-order chi connectivity index (χ0) is 13.6. The van der Waals surface area contributed by atoms with Gasteiger partial charge in [-0.1, -0.05) is 34.8 Å². The average molecular weight is 313 g/mol. The van der Waals surface area contributed by atoms with Crippen molar-refractivity contribution in [1.29, 1.82) is 0 Å². The van der Waals surface area contributed by atoms with E-state index in [-0.39, 0.29) is 13.2 Å². The van der Waals surface area contributed by atoms with E-state index in [2.05, 4.69) is 5.32 Å². The molecule has 0 aliphatic heterocycles. The van der Waals surface area contributed by atoms with Crippen LogP contribution in [0.25, 0.3) is 0 Å². The quantitative estimate of drug-likeness (QED) is 0.671. The molecule has 1 aromatic carbocycles. The van der Waals surface area contributed by atoms with Crippen LogP contribution in [0.2, 0.25) is 0 Å². The summed E-state index contributed by atoms with van der Waals surface area (Å²) in [5.74, 6) is 0.733. The largest absolute Gasteiger partial charge is 0.497 e. The number of halogens is 3. The summed E-state index contributed by atoms with van der Waals surface area (Å²) in [6, 6.07) is 7.07. The lowest BCUT2D eigenvalue weighted by atomic mass is 10.3. The van der Waals surface area contributed by atoms with Crippen LogP contribution in [0.3, 0.4) is 0 Å². The number of amides is 1. The van der Waals surface area contributed by atoms with Crippen molar-refractivity contribution in [3.63, 3.8) is 0 Å². The molecule has 1 amide bonds. The Morgan fingerprint density at radius 3 is 2.28 bits per heavy atom. The van der Waals surface area contributed by atoms with Crippen LogP contribution < -0.4 is 14.8 Å². The summed E-state index contributed by atoms with van der Waals surface area (Å²) >= 11 is 16.1. The molecule has 0 aliphatic rings. The zero-order valence-electron chi connectivity index (χ0n) is 9.58. The van der Waals surface area contributed by atoms with Gasteiger partial charge >= 0.3 is 0 Å². The van der Waals surface area contributed by atoms with Crippen molar-refractivity contribution in [3.05, 3.63) is 24.3 Å². The first kappa shape index (κ1) is 15.2. The van der Waals surface area contributed by atoms with E-state index in [0.29, 0.717) is 5.75 Å². The molecule has 0 saturated heterocycles. The first-order chi connectivity index (χ1) is 8.43. The minimum absolute atomic E-state index is 0.249. The van der Waals surface area contributed by atoms with Crippen LogP contribution >= 0.6 is 34.8 Å². The third-order valence-corrected chi connectivity index (χ3v) is 2.49. The number of hydrogen-bond acceptors (Lipinski definition) is 3. The second-order valence-corrected chi connectivity index (χ2v) is 5.56. The summed E-state index contributed by atoms with van der Waals surface area (Å²) in [5.41, 5.74) is 0. The highest BCUT2D eigenvalue weighted by Crippen LogP contribution is 2.25. The lowest BCUT2D eigenvalue weighted by Crippen LogP contribution is -2.36. The Labute approximate surface area is 120 Å². The van der Waals surface area contributed by atoms with Crippen molar-refractivity contribution in [3.8, 4) is 11.5 Å². The van der Waals surface area contributed by atoms with E-state index >= 15 is 0 Å². The second-order valence-electron chi connectivity index (χ2n) is 3.28. The van der Waals surface area contributed by atoms with Crippen LogP contribution in [-0.4, -0.2) is 30.0 Å². The van der Waals surface area contributed by atoms with Gasteiger partial charge < -0.3 is 14.8 Å². The fourth-order valence-electron chi connectivity index (χ4n) is 1.11. The van der Waals surface area contributed by atoms with Gasteiger partial charge in [-0.3, -0.25) is 4.79 Å². The van der Waals surface area contributed by atoms with Crippen LogP contribution in [0.4, 0.5) is 0 Å². The molecule has 100 valence electrons. The molecular formula is C11H12Cl3NO3. The maximum Gasteiger partial charge on any atom is 0.272 e. The van der Waals surface area contributed by atoms with E-state index < -0.39 is 9.70 Å². The molecule has 0 aliphatic carbocycles. The van der Waals surface area contributed by atoms with Crippen molar-refractivity contribution in [2.45, 2.75) is 3.79 Å². The van der Waals surface area contributed by atoms with Crippen molar-refractivity contribution < 1.29 is 14.3 Å². The molecule has 0 spiro atoms. The number of carbonyl (C=O) groups excluding carboxylic acids is 1. The predicted molar refractivity (Wildman–Crippen MR) is 71.8 cm³/mol. The van der Waals surface area contributed by atoms with Crippen molar-refractivity contribution >= 4 is 40.7 Å². The van der Waals surface area contributed by atoms with Crippen LogP contribution in [0.5, 0.6) is 11.5 Å². The zero-order valence-corrected chi connectivity index (χ0v) is 11.9. The SMILES string of the molecule is COc1ccc(OCCNC(=O)C(Cl)(Cl)Cl)cc1. The number of methoxy groups -OCH3 is 1. The second kappa shape index (κ2) is 6.92. The predicted octanol–water partition coefficient (Wildman–Crippen LogP) is 2.56. The highest BCUT2D eigenvalue weighted by Gasteiger charge is 2.29. The van der Waals surface area contributed by atoms with Gasteiger partial charge in [0.15, 0.2) is 0 Å². The van der Waals surface area contributed by atoms with Crippen molar-refractivity contribution in [2.24, 2.45) is 0 Å². The molecule has 4 nitrogen and oxygen atoms in total. The summed E-state index contributed by atoms with van der Waals surface area (Å²) in [5, 5.41) is 2.43. The monoisotopic (exact) mass is 311 g/mol. The Morgan fingerprint density at radius 2 is 1.78 bits per heavy atom. The molecule has 18 heavy (non-hydrogen) atoms. The van der Waals surface area contributed by atoms with Gasteiger partial charge in [-0.05, 0) is 24.3 Å². The standard InChI is InChI=1S/C11H12Cl3NO3/c1-17-8-2-4-9(5-3-8)18-7-6-15-10(16)11(12,13)14/h2-5H,6-7H2,1H3,(H,15,16). The summed E-state index contributed by atoms with van der Waals surface area (Å²) in [6.45, 7) is 0.525. The minimum Gasteiger partial charge on any atom is -0.497 e. The van der Waals surface area contributed by atoms with Gasteiger partial charge in [0.25, 0.3) is 9.70 Å². The van der Waals surface area contributed by atoms with Crippen molar-refractivity contribution in [1.82, 2.24) is 5.32 Å². The Bertz CT molecular complexity index is 390. The Morgan fingerprint density at radius 1 is 1.22 bits per heavy atom. The van der Waals surface area contributed by atoms with Crippen LogP contribution in [-0.2, 0) is 4.79 Å². The number of nitrogens with one attached hydrogen (secondary N) is 1. The highest BCUT2D eigenvalue weighted by molar-refractivity contribution is 6.76. The number of benzene rings is 1. The van der Waals surface area contributed by atoms with Gasteiger partial charge in [-0.25, -0.2) is 0 Å². The van der Waals surface area contributed by atoms with Gasteiger partial charge in [-0.15, -0.1) is 0 Å². The van der Waals surface area contributed by atoms with Crippen LogP contribution in [0.15, 0.2) is 24.3 Å². The van der Waals surface area contributed by atoms with Gasteiger partial charge in [0.2, 0.25) is 0 Å². The maximum atomic E-state index is 11.2. The molecule has 0 fully saturated rings. The molecule has 1 N–H and O–H groups in total. The fraction of sp³-hybridized carbons (Fsp3) is 0.364. The normalized spacial score (nSPS) is 10.9. The molecule has 0 heterocycles. The Balaban J connectivity index is 2.27. The van der Waals surface area contributed by atoms with E-state index in [1.807, 2.05) is 0 Å². The molecule has 0 aromatic heterocycles. The van der Waals surface area contributed by atoms with Crippen LogP contribution in [0.1, 0.15) is 0 Å². The number of rotatable bonds is 5. The average Bonchev–Trinajstić information content (AvgIpc) is 2.34. The van der Waals surface area contributed by atoms with E-state index in [1.165, 1.54) is 0 Å². The first-order valence-electron chi connectivity index (χ1n) is 5.05. The summed E-state index contributed by atoms with van der Waals surface area (Å²) < 4.78 is 8.43. The van der Waals surface area contributed by atoms with Gasteiger partial charge in [0.1, 0.15) is 18.1 Å². The molecule has 0 bridgehead atoms. The Kier molecular flexibility index (Phi) is 5.85. The number of carbonyl (C=O) groups is 1. The topological polar surface area (TPSA) is 47.6 Å². The molecule has 0 unspecified atom stereocenters. The molecule has 1 rings (SSSR count). The van der Waals surface area contributed by atoms with E-state index in [4.69, 9.17) is 44.3 Å². The molecule has 0 atom stereocenters. The molecular weight excluding hydrogens is 300 g/mol. The van der Waals surface area contributed by atoms with Gasteiger partial charge in [-0.2, -0.15) is 0 Å². The molecule has 0 saturated carbocycles. The smallest absolute Gasteiger partial charge is 0.272 e. The van der Waals surface area contributed by atoms with E-state index in [0.717, 1.165) is 5.75 Å². The maximum absolute atomic E-state index is 11.2. The molecule has 0 radical (unpaired) electrons. The first-order valence-corrected chi connectivity index (χ1v) is 6.19. The summed E-state index contributed by atoms with van der Waals surface area (Å²) in [4.78, 5) is 11.2. The third kappa shape index (κ3) is 5.21. The van der Waals surface area contributed by atoms with E-state index in [1.54, 1.807) is 31.4 Å². The summed E-state index contributed by atoms with van der Waals surface area (Å²) in [6.07, 6.45) is 0. The van der Waals surface area contributed by atoms with Crippen LogP contribution in [0, 0.1) is 0 Å². The molecule has 7 heteroatoms. The third-order valence-electron chi connectivity index (χ3n) is 1.97. The fourth-order valence-corrected chi connectivity index (χ4v) is 1.31. The minimum atomic E-state index is -1.94. The Hall–Kier alpha value is -0.840. The summed E-state index contributed by atoms with van der Waals surface area (Å²) in [7, 11) is 1.59. The van der Waals surface area contributed by atoms with Crippen molar-refractivity contribution in [2.75, 3.05) is 20.3 Å². The van der Waals surface area contributed by atoms with Gasteiger partial charge in [0, 0.05) is 0 Å². The number of ether oxygens (including phenoxy) is 2. The lowest BCUT2D eigenvalue weighted by Gasteiger charge is -2.12. The number of alkyl halides is 3. The van der Waals surface area contributed by atoms with Gasteiger partial charge in [0.05, 0.1) is 13.7 Å². The lowest BCUT2D eigenvalue weighted by molar-refractivity contribution is -0.120. The van der Waals surface area contributed by atoms with E-state index in [9.17, 15) is 4.79 Å². The highest BCUT2D eigenvalue weighted by atomic mass is 35.6. The number of hydrogen-bond donors (Lipinski definition) is 1.